The summed E-state index contributed by atoms with van der Waals surface area (Å²) < 4.78 is 18.2. The molecule has 1 fully saturated rings. The van der Waals surface area contributed by atoms with Crippen LogP contribution in [0.25, 0.3) is 27.9 Å². The number of rotatable bonds is 5. The highest BCUT2D eigenvalue weighted by atomic mass is 16.6. The van der Waals surface area contributed by atoms with Crippen LogP contribution in [0.2, 0.25) is 0 Å². The number of benzene rings is 2. The smallest absolute Gasteiger partial charge is 0.344 e. The van der Waals surface area contributed by atoms with Gasteiger partial charge < -0.3 is 19.9 Å². The first-order valence-corrected chi connectivity index (χ1v) is 10.2. The highest BCUT2D eigenvalue weighted by Crippen LogP contribution is 2.32. The Kier molecular flexibility index (Phi) is 4.91. The third-order valence-electron chi connectivity index (χ3n) is 5.44. The first kappa shape index (κ1) is 19.3. The maximum Gasteiger partial charge on any atom is 0.344 e. The minimum absolute atomic E-state index is 0.0798. The largest absolute Gasteiger partial charge is 0.497 e. The van der Waals surface area contributed by atoms with Crippen molar-refractivity contribution in [2.45, 2.75) is 18.9 Å². The Bertz CT molecular complexity index is 1280. The summed E-state index contributed by atoms with van der Waals surface area (Å²) in [4.78, 5) is 22.5. The van der Waals surface area contributed by atoms with Gasteiger partial charge in [-0.2, -0.15) is 0 Å². The maximum absolute atomic E-state index is 13.1. The molecule has 8 heteroatoms. The van der Waals surface area contributed by atoms with E-state index in [9.17, 15) is 4.79 Å². The molecule has 1 atom stereocenters. The second-order valence-corrected chi connectivity index (χ2v) is 7.42. The molecule has 5 rings (SSSR count). The Balaban J connectivity index is 1.67. The lowest BCUT2D eigenvalue weighted by Crippen LogP contribution is -2.18. The van der Waals surface area contributed by atoms with Crippen molar-refractivity contribution in [2.75, 3.05) is 26.1 Å². The molecule has 31 heavy (non-hydrogen) atoms. The Morgan fingerprint density at radius 3 is 2.74 bits per heavy atom. The molecule has 0 radical (unpaired) electrons. The first-order chi connectivity index (χ1) is 15.2. The summed E-state index contributed by atoms with van der Waals surface area (Å²) in [5.41, 5.74) is 9.67. The number of esters is 1. The van der Waals surface area contributed by atoms with Crippen LogP contribution >= 0.6 is 0 Å². The molecule has 158 valence electrons. The fraction of sp³-hybridized carbons (Fsp3) is 0.261. The van der Waals surface area contributed by atoms with Crippen LogP contribution in [0.1, 0.15) is 23.2 Å². The van der Waals surface area contributed by atoms with Crippen LogP contribution in [0.15, 0.2) is 48.5 Å². The van der Waals surface area contributed by atoms with Gasteiger partial charge in [-0.1, -0.05) is 18.2 Å². The van der Waals surface area contributed by atoms with Crippen LogP contribution in [0.5, 0.6) is 5.75 Å². The molecule has 0 aliphatic carbocycles. The summed E-state index contributed by atoms with van der Waals surface area (Å²) >= 11 is 0. The topological polar surface area (TPSA) is 101 Å². The second kappa shape index (κ2) is 7.88. The molecule has 8 nitrogen and oxygen atoms in total. The summed E-state index contributed by atoms with van der Waals surface area (Å²) in [6, 6.07) is 14.9. The third kappa shape index (κ3) is 3.44. The zero-order valence-electron chi connectivity index (χ0n) is 17.1. The van der Waals surface area contributed by atoms with Crippen molar-refractivity contribution < 1.29 is 19.0 Å². The predicted octanol–water partition coefficient (Wildman–Crippen LogP) is 3.50. The van der Waals surface area contributed by atoms with Gasteiger partial charge in [-0.05, 0) is 37.1 Å². The Morgan fingerprint density at radius 1 is 1.19 bits per heavy atom. The van der Waals surface area contributed by atoms with Crippen molar-refractivity contribution in [3.05, 3.63) is 54.1 Å². The molecular weight excluding hydrogens is 396 g/mol. The van der Waals surface area contributed by atoms with E-state index in [2.05, 4.69) is 0 Å². The highest BCUT2D eigenvalue weighted by molar-refractivity contribution is 6.09. The van der Waals surface area contributed by atoms with Crippen LogP contribution in [0.4, 0.5) is 5.82 Å². The number of ether oxygens (including phenoxy) is 3. The predicted molar refractivity (Wildman–Crippen MR) is 117 cm³/mol. The molecular formula is C23H22N4O4. The van der Waals surface area contributed by atoms with Crippen molar-refractivity contribution in [3.8, 4) is 11.4 Å². The SMILES string of the molecule is COc1cccc(-n2c(N)c(C(=O)OC[C@H]3CCCO3)c3nc4ccccc4nc32)c1. The van der Waals surface area contributed by atoms with Gasteiger partial charge in [0.25, 0.3) is 0 Å². The summed E-state index contributed by atoms with van der Waals surface area (Å²) in [6.45, 7) is 0.877. The van der Waals surface area contributed by atoms with Crippen LogP contribution in [-0.4, -0.2) is 46.9 Å². The van der Waals surface area contributed by atoms with E-state index in [1.807, 2.05) is 48.5 Å². The molecule has 0 spiro atoms. The van der Waals surface area contributed by atoms with Gasteiger partial charge >= 0.3 is 5.97 Å². The number of fused-ring (bicyclic) bond motifs is 2. The number of methoxy groups -OCH3 is 1. The number of para-hydroxylation sites is 2. The van der Waals surface area contributed by atoms with Crippen molar-refractivity contribution in [3.63, 3.8) is 0 Å². The number of nitrogens with two attached hydrogens (primary N) is 1. The van der Waals surface area contributed by atoms with Gasteiger partial charge in [0, 0.05) is 12.7 Å². The number of nitrogens with zero attached hydrogens (tertiary/aromatic N) is 3. The lowest BCUT2D eigenvalue weighted by molar-refractivity contribution is 0.0163. The van der Waals surface area contributed by atoms with Crippen molar-refractivity contribution in [2.24, 2.45) is 0 Å². The van der Waals surface area contributed by atoms with Gasteiger partial charge in [0.05, 0.1) is 29.9 Å². The molecule has 0 unspecified atom stereocenters. The van der Waals surface area contributed by atoms with E-state index in [0.29, 0.717) is 40.2 Å². The van der Waals surface area contributed by atoms with E-state index in [1.165, 1.54) is 0 Å². The number of hydrogen-bond donors (Lipinski definition) is 1. The highest BCUT2D eigenvalue weighted by Gasteiger charge is 2.27. The molecule has 1 aliphatic heterocycles. The molecule has 2 aromatic heterocycles. The van der Waals surface area contributed by atoms with Gasteiger partial charge in [0.1, 0.15) is 29.3 Å². The minimum atomic E-state index is -0.538. The van der Waals surface area contributed by atoms with Crippen molar-refractivity contribution >= 4 is 34.0 Å². The fourth-order valence-electron chi connectivity index (χ4n) is 3.89. The van der Waals surface area contributed by atoms with Crippen LogP contribution in [0.3, 0.4) is 0 Å². The van der Waals surface area contributed by atoms with E-state index in [1.54, 1.807) is 11.7 Å². The summed E-state index contributed by atoms with van der Waals surface area (Å²) in [5.74, 6) is 0.343. The van der Waals surface area contributed by atoms with Crippen LogP contribution in [-0.2, 0) is 9.47 Å². The summed E-state index contributed by atoms with van der Waals surface area (Å²) in [6.07, 6.45) is 1.76. The van der Waals surface area contributed by atoms with Gasteiger partial charge in [-0.25, -0.2) is 14.8 Å². The molecule has 2 aromatic carbocycles. The van der Waals surface area contributed by atoms with Gasteiger partial charge in [-0.15, -0.1) is 0 Å². The van der Waals surface area contributed by atoms with E-state index >= 15 is 0 Å². The maximum atomic E-state index is 13.1. The monoisotopic (exact) mass is 418 g/mol. The molecule has 0 bridgehead atoms. The van der Waals surface area contributed by atoms with Crippen molar-refractivity contribution in [1.82, 2.24) is 14.5 Å². The molecule has 0 saturated carbocycles. The van der Waals surface area contributed by atoms with Gasteiger partial charge in [-0.3, -0.25) is 4.57 Å². The molecule has 2 N–H and O–H groups in total. The molecule has 3 heterocycles. The molecule has 4 aromatic rings. The van der Waals surface area contributed by atoms with Crippen LogP contribution < -0.4 is 10.5 Å². The Hall–Kier alpha value is -3.65. The van der Waals surface area contributed by atoms with Crippen LogP contribution in [0, 0.1) is 0 Å². The molecule has 0 amide bonds. The van der Waals surface area contributed by atoms with E-state index in [0.717, 1.165) is 12.8 Å². The zero-order chi connectivity index (χ0) is 21.4. The quantitative estimate of drug-likeness (QED) is 0.495. The standard InChI is InChI=1S/C23H22N4O4/c1-29-15-7-4-6-14(12-15)27-21(24)19(23(28)31-13-16-8-5-11-30-16)20-22(27)26-18-10-3-2-9-17(18)25-20/h2-4,6-7,9-10,12,16H,5,8,11,13,24H2,1H3/t16-/m1/s1. The Labute approximate surface area is 178 Å². The lowest BCUT2D eigenvalue weighted by Gasteiger charge is -2.11. The lowest BCUT2D eigenvalue weighted by atomic mass is 10.2. The number of anilines is 1. The normalized spacial score (nSPS) is 16.1. The molecule has 1 aliphatic rings. The molecule has 1 saturated heterocycles. The van der Waals surface area contributed by atoms with Crippen molar-refractivity contribution in [1.29, 1.82) is 0 Å². The van der Waals surface area contributed by atoms with E-state index < -0.39 is 5.97 Å². The van der Waals surface area contributed by atoms with Gasteiger partial charge in [0.2, 0.25) is 0 Å². The third-order valence-corrected chi connectivity index (χ3v) is 5.44. The fourth-order valence-corrected chi connectivity index (χ4v) is 3.89. The average molecular weight is 418 g/mol. The summed E-state index contributed by atoms with van der Waals surface area (Å²) in [7, 11) is 1.59. The number of carbonyl (C=O) groups is 1. The van der Waals surface area contributed by atoms with Gasteiger partial charge in [0.15, 0.2) is 5.65 Å². The Morgan fingerprint density at radius 2 is 2.00 bits per heavy atom. The van der Waals surface area contributed by atoms with E-state index in [-0.39, 0.29) is 24.1 Å². The number of nitrogen functional groups attached to an aromatic ring is 1. The number of carbonyl (C=O) groups excluding carboxylic acids is 1. The first-order valence-electron chi connectivity index (χ1n) is 10.2. The minimum Gasteiger partial charge on any atom is -0.497 e. The number of hydrogen-bond acceptors (Lipinski definition) is 7. The second-order valence-electron chi connectivity index (χ2n) is 7.42. The summed E-state index contributed by atoms with van der Waals surface area (Å²) in [5, 5.41) is 0. The average Bonchev–Trinajstić information content (AvgIpc) is 3.41. The zero-order valence-corrected chi connectivity index (χ0v) is 17.1. The number of aromatic nitrogens is 3. The van der Waals surface area contributed by atoms with E-state index in [4.69, 9.17) is 29.9 Å².